The summed E-state index contributed by atoms with van der Waals surface area (Å²) in [6.07, 6.45) is 8.38. The van der Waals surface area contributed by atoms with Crippen molar-refractivity contribution in [3.05, 3.63) is 23.5 Å². The van der Waals surface area contributed by atoms with Gasteiger partial charge in [0, 0.05) is 6.21 Å². The number of allylic oxidation sites excluding steroid dienone is 2. The molecule has 0 aromatic heterocycles. The highest BCUT2D eigenvalue weighted by Crippen LogP contribution is 2.18. The average Bonchev–Trinajstić information content (AvgIpc) is 2.05. The predicted octanol–water partition coefficient (Wildman–Crippen LogP) is 1.22. The molecule has 10 heavy (non-hydrogen) atoms. The molecule has 1 N–H and O–H groups in total. The Morgan fingerprint density at radius 1 is 1.50 bits per heavy atom. The summed E-state index contributed by atoms with van der Waals surface area (Å²) in [5.74, 6) is 0. The van der Waals surface area contributed by atoms with Gasteiger partial charge in [-0.2, -0.15) is 0 Å². The second kappa shape index (κ2) is 2.29. The van der Waals surface area contributed by atoms with Crippen molar-refractivity contribution < 1.29 is 0 Å². The Balaban J connectivity index is 2.32. The van der Waals surface area contributed by atoms with Crippen LogP contribution in [0.5, 0.6) is 0 Å². The van der Waals surface area contributed by atoms with E-state index in [1.54, 1.807) is 0 Å². The third-order valence-corrected chi connectivity index (χ3v) is 1.83. The van der Waals surface area contributed by atoms with Crippen molar-refractivity contribution in [2.45, 2.75) is 12.8 Å². The van der Waals surface area contributed by atoms with Gasteiger partial charge < -0.3 is 5.32 Å². The van der Waals surface area contributed by atoms with Crippen molar-refractivity contribution in [1.82, 2.24) is 5.32 Å². The number of nitrogens with one attached hydrogen (secondary N) is 1. The second-order valence-corrected chi connectivity index (χ2v) is 2.54. The summed E-state index contributed by atoms with van der Waals surface area (Å²) in [6, 6.07) is 0. The Kier molecular flexibility index (Phi) is 1.31. The molecule has 2 heterocycles. The maximum Gasteiger partial charge on any atom is 0.0623 e. The van der Waals surface area contributed by atoms with Crippen LogP contribution in [-0.2, 0) is 0 Å². The standard InChI is InChI=1S/C8H10N2/c1-2-7-3-5-9-6-8(7)10-4-1/h3-5,9H,1-2,6H2. The van der Waals surface area contributed by atoms with Crippen molar-refractivity contribution in [2.24, 2.45) is 4.99 Å². The van der Waals surface area contributed by atoms with Gasteiger partial charge in [0.2, 0.25) is 0 Å². The zero-order chi connectivity index (χ0) is 6.81. The smallest absolute Gasteiger partial charge is 0.0623 e. The van der Waals surface area contributed by atoms with E-state index in [1.807, 2.05) is 12.4 Å². The first-order valence-corrected chi connectivity index (χ1v) is 3.61. The van der Waals surface area contributed by atoms with Crippen LogP contribution in [-0.4, -0.2) is 12.8 Å². The zero-order valence-corrected chi connectivity index (χ0v) is 5.80. The lowest BCUT2D eigenvalue weighted by atomic mass is 10.0. The van der Waals surface area contributed by atoms with Crippen LogP contribution in [0.1, 0.15) is 12.8 Å². The molecule has 2 nitrogen and oxygen atoms in total. The SMILES string of the molecule is C1=CC2=C(CN1)N=CCC2. The maximum absolute atomic E-state index is 4.29. The maximum atomic E-state index is 4.29. The lowest BCUT2D eigenvalue weighted by Gasteiger charge is -2.15. The van der Waals surface area contributed by atoms with Gasteiger partial charge in [0.25, 0.3) is 0 Å². The largest absolute Gasteiger partial charge is 0.385 e. The van der Waals surface area contributed by atoms with Gasteiger partial charge in [-0.05, 0) is 30.7 Å². The van der Waals surface area contributed by atoms with Crippen molar-refractivity contribution in [2.75, 3.05) is 6.54 Å². The van der Waals surface area contributed by atoms with Gasteiger partial charge in [-0.1, -0.05) is 0 Å². The first-order valence-electron chi connectivity index (χ1n) is 3.61. The van der Waals surface area contributed by atoms with E-state index in [1.165, 1.54) is 11.3 Å². The van der Waals surface area contributed by atoms with E-state index in [9.17, 15) is 0 Å². The molecule has 2 aliphatic rings. The molecule has 0 amide bonds. The average molecular weight is 134 g/mol. The molecule has 0 bridgehead atoms. The molecule has 0 aliphatic carbocycles. The zero-order valence-electron chi connectivity index (χ0n) is 5.80. The number of hydrogen-bond donors (Lipinski definition) is 1. The first kappa shape index (κ1) is 5.71. The van der Waals surface area contributed by atoms with E-state index in [4.69, 9.17) is 0 Å². The summed E-state index contributed by atoms with van der Waals surface area (Å²) in [4.78, 5) is 4.29. The molecule has 0 saturated carbocycles. The van der Waals surface area contributed by atoms with Crippen molar-refractivity contribution in [1.29, 1.82) is 0 Å². The molecule has 0 atom stereocenters. The monoisotopic (exact) mass is 134 g/mol. The summed E-state index contributed by atoms with van der Waals surface area (Å²) >= 11 is 0. The highest BCUT2D eigenvalue weighted by Gasteiger charge is 2.08. The van der Waals surface area contributed by atoms with E-state index >= 15 is 0 Å². The fraction of sp³-hybridized carbons (Fsp3) is 0.375. The van der Waals surface area contributed by atoms with E-state index in [2.05, 4.69) is 16.4 Å². The Bertz CT molecular complexity index is 199. The molecule has 2 aliphatic heterocycles. The van der Waals surface area contributed by atoms with Crippen molar-refractivity contribution in [3.8, 4) is 0 Å². The number of dihydropyridines is 1. The Hall–Kier alpha value is -1.05. The van der Waals surface area contributed by atoms with Gasteiger partial charge >= 0.3 is 0 Å². The van der Waals surface area contributed by atoms with Crippen LogP contribution in [0.3, 0.4) is 0 Å². The molecular formula is C8H10N2. The molecule has 0 radical (unpaired) electrons. The molecule has 0 aromatic carbocycles. The Morgan fingerprint density at radius 3 is 3.40 bits per heavy atom. The predicted molar refractivity (Wildman–Crippen MR) is 41.9 cm³/mol. The summed E-state index contributed by atoms with van der Waals surface area (Å²) in [7, 11) is 0. The van der Waals surface area contributed by atoms with Crippen LogP contribution < -0.4 is 5.32 Å². The van der Waals surface area contributed by atoms with Crippen molar-refractivity contribution in [3.63, 3.8) is 0 Å². The van der Waals surface area contributed by atoms with Gasteiger partial charge in [-0.25, -0.2) is 0 Å². The van der Waals surface area contributed by atoms with E-state index in [0.29, 0.717) is 0 Å². The molecule has 0 saturated heterocycles. The van der Waals surface area contributed by atoms with Crippen LogP contribution in [0, 0.1) is 0 Å². The summed E-state index contributed by atoms with van der Waals surface area (Å²) in [5.41, 5.74) is 2.62. The van der Waals surface area contributed by atoms with Crippen LogP contribution in [0.25, 0.3) is 0 Å². The Morgan fingerprint density at radius 2 is 2.50 bits per heavy atom. The summed E-state index contributed by atoms with van der Waals surface area (Å²) < 4.78 is 0. The highest BCUT2D eigenvalue weighted by molar-refractivity contribution is 5.62. The molecule has 0 aromatic rings. The van der Waals surface area contributed by atoms with E-state index < -0.39 is 0 Å². The summed E-state index contributed by atoms with van der Waals surface area (Å²) in [5, 5.41) is 3.13. The lowest BCUT2D eigenvalue weighted by Crippen LogP contribution is -2.16. The fourth-order valence-electron chi connectivity index (χ4n) is 1.28. The third-order valence-electron chi connectivity index (χ3n) is 1.83. The molecule has 52 valence electrons. The molecule has 2 rings (SSSR count). The van der Waals surface area contributed by atoms with E-state index in [-0.39, 0.29) is 0 Å². The van der Waals surface area contributed by atoms with Gasteiger partial charge in [0.05, 0.1) is 12.2 Å². The van der Waals surface area contributed by atoms with Crippen molar-refractivity contribution >= 4 is 6.21 Å². The highest BCUT2D eigenvalue weighted by atomic mass is 14.9. The third kappa shape index (κ3) is 0.856. The number of rotatable bonds is 0. The van der Waals surface area contributed by atoms with Gasteiger partial charge in [-0.15, -0.1) is 0 Å². The Labute approximate surface area is 60.3 Å². The minimum Gasteiger partial charge on any atom is -0.385 e. The van der Waals surface area contributed by atoms with Crippen LogP contribution in [0.15, 0.2) is 28.5 Å². The second-order valence-electron chi connectivity index (χ2n) is 2.54. The minimum atomic E-state index is 0.905. The van der Waals surface area contributed by atoms with Crippen LogP contribution in [0.2, 0.25) is 0 Å². The molecule has 0 spiro atoms. The quantitative estimate of drug-likeness (QED) is 0.529. The molecular weight excluding hydrogens is 124 g/mol. The molecule has 2 heteroatoms. The van der Waals surface area contributed by atoms with Crippen LogP contribution >= 0.6 is 0 Å². The van der Waals surface area contributed by atoms with Crippen LogP contribution in [0.4, 0.5) is 0 Å². The molecule has 0 fully saturated rings. The first-order chi connectivity index (χ1) is 4.97. The fourth-order valence-corrected chi connectivity index (χ4v) is 1.28. The number of hydrogen-bond acceptors (Lipinski definition) is 2. The normalized spacial score (nSPS) is 22.4. The van der Waals surface area contributed by atoms with Gasteiger partial charge in [-0.3, -0.25) is 4.99 Å². The lowest BCUT2D eigenvalue weighted by molar-refractivity contribution is 0.848. The topological polar surface area (TPSA) is 24.4 Å². The van der Waals surface area contributed by atoms with Gasteiger partial charge in [0.15, 0.2) is 0 Å². The minimum absolute atomic E-state index is 0.905. The number of nitrogens with zero attached hydrogens (tertiary/aromatic N) is 1. The number of aliphatic imine (C=N–C) groups is 1. The van der Waals surface area contributed by atoms with Gasteiger partial charge in [0.1, 0.15) is 0 Å². The molecule has 0 unspecified atom stereocenters. The van der Waals surface area contributed by atoms with E-state index in [0.717, 1.165) is 19.4 Å². The summed E-state index contributed by atoms with van der Waals surface area (Å²) in [6.45, 7) is 0.905.